The van der Waals surface area contributed by atoms with Gasteiger partial charge in [-0.1, -0.05) is 25.5 Å². The van der Waals surface area contributed by atoms with Crippen LogP contribution < -0.4 is 5.73 Å². The van der Waals surface area contributed by atoms with Crippen molar-refractivity contribution in [1.82, 2.24) is 24.6 Å². The Morgan fingerprint density at radius 3 is 2.79 bits per heavy atom. The third-order valence-corrected chi connectivity index (χ3v) is 6.14. The van der Waals surface area contributed by atoms with E-state index in [0.717, 1.165) is 18.4 Å². The van der Waals surface area contributed by atoms with E-state index in [4.69, 9.17) is 15.3 Å². The van der Waals surface area contributed by atoms with Crippen LogP contribution in [0.25, 0.3) is 11.2 Å². The molecule has 1 saturated heterocycles. The van der Waals surface area contributed by atoms with Crippen LogP contribution >= 0.6 is 0 Å². The number of nitrogens with two attached hydrogens (primary N) is 1. The number of carbonyl (C=O) groups is 2. The number of hydroxylamine groups is 2. The molecule has 2 amide bonds. The van der Waals surface area contributed by atoms with Crippen molar-refractivity contribution < 1.29 is 29.4 Å². The maximum absolute atomic E-state index is 13.2. The van der Waals surface area contributed by atoms with Gasteiger partial charge in [-0.15, -0.1) is 5.06 Å². The normalized spacial score (nSPS) is 24.4. The van der Waals surface area contributed by atoms with Gasteiger partial charge in [0.05, 0.1) is 24.1 Å². The fourth-order valence-electron chi connectivity index (χ4n) is 4.41. The van der Waals surface area contributed by atoms with Crippen molar-refractivity contribution in [3.63, 3.8) is 0 Å². The van der Waals surface area contributed by atoms with Gasteiger partial charge in [-0.2, -0.15) is 0 Å². The first kappa shape index (κ1) is 22.3. The van der Waals surface area contributed by atoms with Crippen LogP contribution in [0.2, 0.25) is 0 Å². The zero-order valence-electron chi connectivity index (χ0n) is 18.4. The lowest BCUT2D eigenvalue weighted by molar-refractivity contribution is -0.170. The molecule has 12 nitrogen and oxygen atoms in total. The summed E-state index contributed by atoms with van der Waals surface area (Å²) in [6.45, 7) is 1.52. The molecule has 4 heterocycles. The average molecular weight is 468 g/mol. The summed E-state index contributed by atoms with van der Waals surface area (Å²) >= 11 is 0. The van der Waals surface area contributed by atoms with Gasteiger partial charge in [0.25, 0.3) is 11.8 Å². The first-order valence-corrected chi connectivity index (χ1v) is 11.0. The molecule has 1 aromatic carbocycles. The zero-order chi connectivity index (χ0) is 24.0. The summed E-state index contributed by atoms with van der Waals surface area (Å²) in [7, 11) is 0. The van der Waals surface area contributed by atoms with Crippen LogP contribution in [0.5, 0.6) is 0 Å². The molecule has 2 aliphatic heterocycles. The molecule has 0 aliphatic carbocycles. The highest BCUT2D eigenvalue weighted by atomic mass is 16.7. The Balaban J connectivity index is 1.42. The Kier molecular flexibility index (Phi) is 5.73. The number of rotatable bonds is 7. The van der Waals surface area contributed by atoms with E-state index < -0.39 is 43.0 Å². The predicted octanol–water partition coefficient (Wildman–Crippen LogP) is 0.598. The van der Waals surface area contributed by atoms with Gasteiger partial charge in [0.1, 0.15) is 30.2 Å². The second-order valence-electron chi connectivity index (χ2n) is 8.24. The maximum atomic E-state index is 13.2. The van der Waals surface area contributed by atoms with Gasteiger partial charge in [0.2, 0.25) is 0 Å². The summed E-state index contributed by atoms with van der Waals surface area (Å²) < 4.78 is 7.25. The summed E-state index contributed by atoms with van der Waals surface area (Å²) in [6, 6.07) is 5.13. The standard InChI is InChI=1S/C22H24N6O6/c1-2-3-5-11-6-4-7-12-14(11)21(32)28(20(12)31)34-17-13(8-29)33-22(16(17)30)27-10-26-15-18(23)24-9-25-19(15)27/h4,6-7,9-10,13,16-17,22,29-30H,2-3,5,8H2,1H3,(H2,23,24,25)/t13-,16-,17-,22-/m1/s1. The van der Waals surface area contributed by atoms with Crippen molar-refractivity contribution in [1.29, 1.82) is 0 Å². The molecule has 1 fully saturated rings. The number of fused-ring (bicyclic) bond motifs is 2. The van der Waals surface area contributed by atoms with E-state index in [0.29, 0.717) is 28.2 Å². The molecule has 2 aliphatic rings. The van der Waals surface area contributed by atoms with Crippen molar-refractivity contribution in [3.8, 4) is 0 Å². The van der Waals surface area contributed by atoms with Gasteiger partial charge in [0.15, 0.2) is 17.7 Å². The number of hydrogen-bond acceptors (Lipinski definition) is 10. The van der Waals surface area contributed by atoms with Gasteiger partial charge in [-0.25, -0.2) is 15.0 Å². The number of anilines is 1. The molecule has 2 aromatic heterocycles. The number of carbonyl (C=O) groups excluding carboxylic acids is 2. The summed E-state index contributed by atoms with van der Waals surface area (Å²) in [5, 5.41) is 21.6. The van der Waals surface area contributed by atoms with Crippen LogP contribution in [-0.4, -0.2) is 71.5 Å². The number of benzene rings is 1. The Bertz CT molecular complexity index is 1260. The molecule has 0 radical (unpaired) electrons. The van der Waals surface area contributed by atoms with Crippen molar-refractivity contribution >= 4 is 28.8 Å². The molecular formula is C22H24N6O6. The number of unbranched alkanes of at least 4 members (excludes halogenated alkanes) is 1. The first-order chi connectivity index (χ1) is 16.5. The second-order valence-corrected chi connectivity index (χ2v) is 8.24. The molecule has 4 atom stereocenters. The lowest BCUT2D eigenvalue weighted by Crippen LogP contribution is -2.44. The van der Waals surface area contributed by atoms with Gasteiger partial charge >= 0.3 is 0 Å². The van der Waals surface area contributed by atoms with Crippen molar-refractivity contribution in [2.45, 2.75) is 50.7 Å². The van der Waals surface area contributed by atoms with Crippen molar-refractivity contribution in [3.05, 3.63) is 47.5 Å². The van der Waals surface area contributed by atoms with Gasteiger partial charge in [0, 0.05) is 0 Å². The summed E-state index contributed by atoms with van der Waals surface area (Å²) in [5.74, 6) is -1.07. The maximum Gasteiger partial charge on any atom is 0.286 e. The molecule has 34 heavy (non-hydrogen) atoms. The van der Waals surface area contributed by atoms with E-state index >= 15 is 0 Å². The third kappa shape index (κ3) is 3.42. The van der Waals surface area contributed by atoms with Crippen LogP contribution in [0.3, 0.4) is 0 Å². The summed E-state index contributed by atoms with van der Waals surface area (Å²) in [5.41, 5.74) is 7.79. The molecule has 5 rings (SSSR count). The number of aliphatic hydroxyl groups is 2. The molecule has 0 unspecified atom stereocenters. The Hall–Kier alpha value is -3.45. The summed E-state index contributed by atoms with van der Waals surface area (Å²) in [4.78, 5) is 44.1. The Labute approximate surface area is 193 Å². The molecular weight excluding hydrogens is 444 g/mol. The number of nitrogens with zero attached hydrogens (tertiary/aromatic N) is 5. The minimum atomic E-state index is -1.37. The van der Waals surface area contributed by atoms with Crippen molar-refractivity contribution in [2.24, 2.45) is 0 Å². The molecule has 0 saturated carbocycles. The first-order valence-electron chi connectivity index (χ1n) is 11.0. The van der Waals surface area contributed by atoms with Gasteiger partial charge in [-0.3, -0.25) is 19.0 Å². The monoisotopic (exact) mass is 468 g/mol. The van der Waals surface area contributed by atoms with Crippen LogP contribution in [0.15, 0.2) is 30.9 Å². The fraction of sp³-hybridized carbons (Fsp3) is 0.409. The largest absolute Gasteiger partial charge is 0.394 e. The van der Waals surface area contributed by atoms with Gasteiger partial charge in [-0.05, 0) is 24.5 Å². The van der Waals surface area contributed by atoms with Crippen LogP contribution in [-0.2, 0) is 16.0 Å². The van der Waals surface area contributed by atoms with E-state index in [1.807, 2.05) is 13.0 Å². The number of ether oxygens (including phenoxy) is 1. The lowest BCUT2D eigenvalue weighted by Gasteiger charge is -2.23. The Morgan fingerprint density at radius 1 is 1.21 bits per heavy atom. The molecule has 12 heteroatoms. The van der Waals surface area contributed by atoms with Gasteiger partial charge < -0.3 is 20.7 Å². The van der Waals surface area contributed by atoms with Crippen molar-refractivity contribution in [2.75, 3.05) is 12.3 Å². The van der Waals surface area contributed by atoms with Crippen LogP contribution in [0.1, 0.15) is 52.3 Å². The average Bonchev–Trinajstić information content (AvgIpc) is 3.48. The van der Waals surface area contributed by atoms with E-state index in [1.165, 1.54) is 17.2 Å². The van der Waals surface area contributed by atoms with E-state index in [2.05, 4.69) is 15.0 Å². The number of aromatic nitrogens is 4. The predicted molar refractivity (Wildman–Crippen MR) is 117 cm³/mol. The minimum Gasteiger partial charge on any atom is -0.394 e. The van der Waals surface area contributed by atoms with E-state index in [1.54, 1.807) is 12.1 Å². The molecule has 3 aromatic rings. The van der Waals surface area contributed by atoms with Crippen LogP contribution in [0, 0.1) is 0 Å². The number of imidazole rings is 1. The molecule has 0 spiro atoms. The third-order valence-electron chi connectivity index (χ3n) is 6.14. The fourth-order valence-corrected chi connectivity index (χ4v) is 4.41. The van der Waals surface area contributed by atoms with E-state index in [9.17, 15) is 19.8 Å². The summed E-state index contributed by atoms with van der Waals surface area (Å²) in [6.07, 6.45) is 0.430. The number of hydrogen-bond donors (Lipinski definition) is 3. The number of aryl methyl sites for hydroxylation is 1. The minimum absolute atomic E-state index is 0.160. The number of imide groups is 1. The smallest absolute Gasteiger partial charge is 0.286 e. The molecule has 0 bridgehead atoms. The van der Waals surface area contributed by atoms with Crippen LogP contribution in [0.4, 0.5) is 5.82 Å². The second kappa shape index (κ2) is 8.72. The highest BCUT2D eigenvalue weighted by molar-refractivity contribution is 6.21. The molecule has 178 valence electrons. The quantitative estimate of drug-likeness (QED) is 0.418. The number of nitrogen functional groups attached to an aromatic ring is 1. The van der Waals surface area contributed by atoms with E-state index in [-0.39, 0.29) is 11.4 Å². The molecule has 4 N–H and O–H groups in total. The zero-order valence-corrected chi connectivity index (χ0v) is 18.4. The highest BCUT2D eigenvalue weighted by Gasteiger charge is 2.50. The topological polar surface area (TPSA) is 166 Å². The lowest BCUT2D eigenvalue weighted by atomic mass is 9.98. The Morgan fingerprint density at radius 2 is 2.03 bits per heavy atom. The highest BCUT2D eigenvalue weighted by Crippen LogP contribution is 2.36. The number of aliphatic hydroxyl groups excluding tert-OH is 2. The SMILES string of the molecule is CCCCc1cccc2c1C(=O)N(O[C@H]1[C@@H](O)[C@H](n3cnc4c(N)ncnc43)O[C@@H]1CO)C2=O. The number of amides is 2.